The topological polar surface area (TPSA) is 76.2 Å². The smallest absolute Gasteiger partial charge is 0.275 e. The third kappa shape index (κ3) is 3.27. The van der Waals surface area contributed by atoms with Crippen LogP contribution in [-0.4, -0.2) is 42.1 Å². The molecule has 0 bridgehead atoms. The van der Waals surface area contributed by atoms with Crippen LogP contribution in [0.15, 0.2) is 42.7 Å². The third-order valence-electron chi connectivity index (χ3n) is 5.48. The van der Waals surface area contributed by atoms with Gasteiger partial charge in [-0.3, -0.25) is 14.2 Å². The molecule has 0 saturated heterocycles. The van der Waals surface area contributed by atoms with E-state index in [1.807, 2.05) is 12.3 Å². The van der Waals surface area contributed by atoms with Crippen molar-refractivity contribution >= 4 is 16.8 Å². The predicted octanol–water partition coefficient (Wildman–Crippen LogP) is 2.86. The zero-order valence-corrected chi connectivity index (χ0v) is 16.7. The fourth-order valence-corrected chi connectivity index (χ4v) is 4.04. The van der Waals surface area contributed by atoms with Gasteiger partial charge in [-0.2, -0.15) is 10.2 Å². The van der Waals surface area contributed by atoms with E-state index in [1.54, 1.807) is 30.1 Å². The Morgan fingerprint density at radius 1 is 1.13 bits per heavy atom. The second-order valence-corrected chi connectivity index (χ2v) is 7.61. The van der Waals surface area contributed by atoms with Crippen molar-refractivity contribution in [3.63, 3.8) is 0 Å². The van der Waals surface area contributed by atoms with Crippen molar-refractivity contribution in [3.8, 4) is 11.1 Å². The van der Waals surface area contributed by atoms with Gasteiger partial charge >= 0.3 is 0 Å². The lowest BCUT2D eigenvalue weighted by atomic mass is 9.99. The number of hydrogen-bond donors (Lipinski definition) is 1. The molecule has 1 aliphatic heterocycles. The number of fused-ring (bicyclic) bond motifs is 2. The average molecular weight is 423 g/mol. The van der Waals surface area contributed by atoms with E-state index in [4.69, 9.17) is 5.11 Å². The highest BCUT2D eigenvalue weighted by Crippen LogP contribution is 2.32. The van der Waals surface area contributed by atoms with Crippen LogP contribution in [0.25, 0.3) is 22.0 Å². The molecule has 0 radical (unpaired) electrons. The highest BCUT2D eigenvalue weighted by Gasteiger charge is 2.32. The van der Waals surface area contributed by atoms with Crippen molar-refractivity contribution < 1.29 is 18.7 Å². The average Bonchev–Trinajstić information content (AvgIpc) is 3.38. The number of hydrogen-bond acceptors (Lipinski definition) is 4. The molecule has 4 aromatic rings. The van der Waals surface area contributed by atoms with Crippen LogP contribution in [0.2, 0.25) is 0 Å². The Bertz CT molecular complexity index is 1300. The Kier molecular flexibility index (Phi) is 4.55. The van der Waals surface area contributed by atoms with Crippen molar-refractivity contribution in [2.75, 3.05) is 6.61 Å². The molecule has 1 N–H and O–H groups in total. The SMILES string of the molecule is Cn1cc2c(-c3cc(F)c(CN4Cc5cn(CCO)nc5C4=O)c(F)c3)cccc2n1. The largest absolute Gasteiger partial charge is 0.394 e. The summed E-state index contributed by atoms with van der Waals surface area (Å²) in [6, 6.07) is 8.02. The van der Waals surface area contributed by atoms with Crippen LogP contribution in [0.3, 0.4) is 0 Å². The summed E-state index contributed by atoms with van der Waals surface area (Å²) in [4.78, 5) is 14.0. The van der Waals surface area contributed by atoms with E-state index < -0.39 is 11.6 Å². The maximum atomic E-state index is 15.0. The van der Waals surface area contributed by atoms with E-state index in [0.29, 0.717) is 16.7 Å². The lowest BCUT2D eigenvalue weighted by Gasteiger charge is -2.17. The van der Waals surface area contributed by atoms with Crippen LogP contribution in [0.5, 0.6) is 0 Å². The van der Waals surface area contributed by atoms with Gasteiger partial charge < -0.3 is 10.0 Å². The molecule has 7 nitrogen and oxygen atoms in total. The molecule has 1 aliphatic rings. The van der Waals surface area contributed by atoms with Gasteiger partial charge in [0.1, 0.15) is 11.6 Å². The first-order valence-electron chi connectivity index (χ1n) is 9.81. The minimum absolute atomic E-state index is 0.0893. The van der Waals surface area contributed by atoms with E-state index in [1.165, 1.54) is 21.7 Å². The van der Waals surface area contributed by atoms with Crippen LogP contribution in [0, 0.1) is 11.6 Å². The van der Waals surface area contributed by atoms with Crippen molar-refractivity contribution in [1.82, 2.24) is 24.5 Å². The number of benzene rings is 2. The fraction of sp³-hybridized carbons (Fsp3) is 0.227. The van der Waals surface area contributed by atoms with Gasteiger partial charge in [-0.25, -0.2) is 8.78 Å². The number of rotatable bonds is 5. The highest BCUT2D eigenvalue weighted by atomic mass is 19.1. The molecule has 2 aromatic carbocycles. The summed E-state index contributed by atoms with van der Waals surface area (Å²) >= 11 is 0. The van der Waals surface area contributed by atoms with Gasteiger partial charge in [0.05, 0.1) is 31.8 Å². The molecule has 0 spiro atoms. The van der Waals surface area contributed by atoms with Gasteiger partial charge in [0.2, 0.25) is 0 Å². The lowest BCUT2D eigenvalue weighted by molar-refractivity contribution is 0.0755. The second-order valence-electron chi connectivity index (χ2n) is 7.61. The summed E-state index contributed by atoms with van der Waals surface area (Å²) in [6.45, 7) is 0.224. The Morgan fingerprint density at radius 2 is 1.90 bits per heavy atom. The van der Waals surface area contributed by atoms with Gasteiger partial charge in [-0.1, -0.05) is 12.1 Å². The van der Waals surface area contributed by atoms with Gasteiger partial charge in [-0.05, 0) is 29.3 Å². The maximum absolute atomic E-state index is 15.0. The first-order valence-corrected chi connectivity index (χ1v) is 9.81. The first kappa shape index (κ1) is 19.4. The third-order valence-corrected chi connectivity index (χ3v) is 5.48. The lowest BCUT2D eigenvalue weighted by Crippen LogP contribution is -2.25. The molecule has 0 fully saturated rings. The summed E-state index contributed by atoms with van der Waals surface area (Å²) in [5.41, 5.74) is 2.61. The number of amides is 1. The summed E-state index contributed by atoms with van der Waals surface area (Å²) in [5.74, 6) is -1.80. The summed E-state index contributed by atoms with van der Waals surface area (Å²) < 4.78 is 33.1. The summed E-state index contributed by atoms with van der Waals surface area (Å²) in [5, 5.41) is 18.3. The van der Waals surface area contributed by atoms with Gasteiger partial charge in [0, 0.05) is 36.0 Å². The Labute approximate surface area is 176 Å². The quantitative estimate of drug-likeness (QED) is 0.536. The molecule has 0 atom stereocenters. The zero-order chi connectivity index (χ0) is 21.7. The Balaban J connectivity index is 1.44. The number of aryl methyl sites for hydroxylation is 1. The van der Waals surface area contributed by atoms with Crippen LogP contribution >= 0.6 is 0 Å². The van der Waals surface area contributed by atoms with Crippen LogP contribution < -0.4 is 0 Å². The van der Waals surface area contributed by atoms with Crippen molar-refractivity contribution in [3.05, 3.63) is 71.2 Å². The number of nitrogens with zero attached hydrogens (tertiary/aromatic N) is 5. The standard InChI is InChI=1S/C22H19F2N5O2/c1-27-11-16-15(3-2-4-20(16)25-27)13-7-18(23)17(19(24)8-13)12-28-9-14-10-29(5-6-30)26-21(14)22(28)31/h2-4,7-8,10-11,30H,5-6,9,12H2,1H3. The summed E-state index contributed by atoms with van der Waals surface area (Å²) in [7, 11) is 1.79. The van der Waals surface area contributed by atoms with E-state index in [0.717, 1.165) is 10.9 Å². The van der Waals surface area contributed by atoms with Crippen LogP contribution in [0.1, 0.15) is 21.6 Å². The molecule has 2 aromatic heterocycles. The molecule has 1 amide bonds. The molecule has 3 heterocycles. The maximum Gasteiger partial charge on any atom is 0.275 e. The van der Waals surface area contributed by atoms with Crippen molar-refractivity contribution in [2.24, 2.45) is 7.05 Å². The number of carbonyl (C=O) groups is 1. The predicted molar refractivity (Wildman–Crippen MR) is 109 cm³/mol. The van der Waals surface area contributed by atoms with E-state index >= 15 is 0 Å². The van der Waals surface area contributed by atoms with Gasteiger partial charge in [0.15, 0.2) is 5.69 Å². The zero-order valence-electron chi connectivity index (χ0n) is 16.7. The van der Waals surface area contributed by atoms with Crippen LogP contribution in [-0.2, 0) is 26.7 Å². The molecule has 9 heteroatoms. The molecular weight excluding hydrogens is 404 g/mol. The molecular formula is C22H19F2N5O2. The molecule has 0 aliphatic carbocycles. The molecule has 31 heavy (non-hydrogen) atoms. The number of aliphatic hydroxyl groups excluding tert-OH is 1. The normalized spacial score (nSPS) is 13.4. The highest BCUT2D eigenvalue weighted by molar-refractivity contribution is 5.96. The Hall–Kier alpha value is -3.59. The van der Waals surface area contributed by atoms with Gasteiger partial charge in [0.25, 0.3) is 5.91 Å². The number of aliphatic hydroxyl groups is 1. The fourth-order valence-electron chi connectivity index (χ4n) is 4.04. The van der Waals surface area contributed by atoms with Crippen LogP contribution in [0.4, 0.5) is 8.78 Å². The minimum Gasteiger partial charge on any atom is -0.394 e. The van der Waals surface area contributed by atoms with E-state index in [-0.39, 0.29) is 43.4 Å². The van der Waals surface area contributed by atoms with Gasteiger partial charge in [-0.15, -0.1) is 0 Å². The number of carbonyl (C=O) groups excluding carboxylic acids is 1. The second kappa shape index (κ2) is 7.28. The molecule has 0 saturated carbocycles. The van der Waals surface area contributed by atoms with E-state index in [9.17, 15) is 13.6 Å². The van der Waals surface area contributed by atoms with E-state index in [2.05, 4.69) is 10.2 Å². The molecule has 5 rings (SSSR count). The minimum atomic E-state index is -0.710. The Morgan fingerprint density at radius 3 is 2.61 bits per heavy atom. The summed E-state index contributed by atoms with van der Waals surface area (Å²) in [6.07, 6.45) is 3.48. The van der Waals surface area contributed by atoms with Crippen molar-refractivity contribution in [1.29, 1.82) is 0 Å². The van der Waals surface area contributed by atoms with Crippen molar-refractivity contribution in [2.45, 2.75) is 19.6 Å². The number of aromatic nitrogens is 4. The molecule has 158 valence electrons. The first-order chi connectivity index (χ1) is 14.9. The monoisotopic (exact) mass is 423 g/mol. The number of halogens is 2. The molecule has 0 unspecified atom stereocenters.